The standard InChI is InChI=1S/C40H74O7/c1-6-11-16-21-24-29-39(27-22-17-12-7-2,28-23-18-13-8-3)40(30-25-19-14-9-4,31-26-20-15-10-5)38(45)47-36-34(43)37(44)46-35(36)33(42)32-41/h33,35-36,41-42H,6-32H2,1-5H3/t33-,35+,36?/m0/s1. The predicted octanol–water partition coefficient (Wildman–Crippen LogP) is 9.96. The molecule has 7 nitrogen and oxygen atoms in total. The molecule has 0 aliphatic carbocycles. The molecule has 276 valence electrons. The molecule has 0 aromatic heterocycles. The van der Waals surface area contributed by atoms with Gasteiger partial charge in [0.1, 0.15) is 6.10 Å². The number of unbranched alkanes of at least 4 members (excludes halogenated alkanes) is 16. The Labute approximate surface area is 288 Å². The van der Waals surface area contributed by atoms with Gasteiger partial charge in [0.15, 0.2) is 6.10 Å². The van der Waals surface area contributed by atoms with E-state index in [-0.39, 0.29) is 5.41 Å². The Morgan fingerprint density at radius 1 is 0.638 bits per heavy atom. The van der Waals surface area contributed by atoms with Gasteiger partial charge < -0.3 is 19.7 Å². The number of cyclic esters (lactones) is 1. The number of carbonyl (C=O) groups is 3. The molecule has 0 aromatic carbocycles. The highest BCUT2D eigenvalue weighted by Crippen LogP contribution is 2.57. The van der Waals surface area contributed by atoms with Gasteiger partial charge in [-0.1, -0.05) is 169 Å². The fraction of sp³-hybridized carbons (Fsp3) is 0.925. The third-order valence-corrected chi connectivity index (χ3v) is 10.9. The zero-order valence-electron chi connectivity index (χ0n) is 31.3. The normalized spacial score (nSPS) is 17.7. The van der Waals surface area contributed by atoms with E-state index >= 15 is 4.79 Å². The number of ether oxygens (including phenoxy) is 2. The Morgan fingerprint density at radius 3 is 1.38 bits per heavy atom. The quantitative estimate of drug-likeness (QED) is 0.0430. The molecular weight excluding hydrogens is 592 g/mol. The van der Waals surface area contributed by atoms with Crippen molar-refractivity contribution in [2.45, 2.75) is 220 Å². The number of hydrogen-bond donors (Lipinski definition) is 2. The van der Waals surface area contributed by atoms with Crippen LogP contribution in [0.25, 0.3) is 0 Å². The average Bonchev–Trinajstić information content (AvgIpc) is 3.35. The number of ketones is 1. The Morgan fingerprint density at radius 2 is 1.00 bits per heavy atom. The van der Waals surface area contributed by atoms with E-state index in [4.69, 9.17) is 9.47 Å². The Bertz CT molecular complexity index is 816. The summed E-state index contributed by atoms with van der Waals surface area (Å²) in [7, 11) is 0. The third-order valence-electron chi connectivity index (χ3n) is 10.9. The van der Waals surface area contributed by atoms with Crippen LogP contribution in [0, 0.1) is 10.8 Å². The molecule has 47 heavy (non-hydrogen) atoms. The molecule has 1 aliphatic heterocycles. The van der Waals surface area contributed by atoms with Crippen molar-refractivity contribution < 1.29 is 34.1 Å². The topological polar surface area (TPSA) is 110 Å². The van der Waals surface area contributed by atoms with Crippen molar-refractivity contribution in [2.75, 3.05) is 6.61 Å². The second-order valence-corrected chi connectivity index (χ2v) is 14.6. The molecule has 1 heterocycles. The van der Waals surface area contributed by atoms with Crippen LogP contribution in [-0.4, -0.2) is 52.9 Å². The van der Waals surface area contributed by atoms with Crippen LogP contribution in [0.15, 0.2) is 0 Å². The lowest BCUT2D eigenvalue weighted by molar-refractivity contribution is -0.184. The summed E-state index contributed by atoms with van der Waals surface area (Å²) in [4.78, 5) is 40.6. The molecule has 7 heteroatoms. The van der Waals surface area contributed by atoms with E-state index in [9.17, 15) is 19.8 Å². The molecule has 0 bridgehead atoms. The van der Waals surface area contributed by atoms with Crippen LogP contribution in [0.5, 0.6) is 0 Å². The third kappa shape index (κ3) is 14.1. The lowest BCUT2D eigenvalue weighted by atomic mass is 9.53. The molecule has 3 atom stereocenters. The number of rotatable bonds is 31. The van der Waals surface area contributed by atoms with Crippen molar-refractivity contribution in [3.8, 4) is 0 Å². The molecule has 1 aliphatic rings. The number of aliphatic hydroxyl groups excluding tert-OH is 2. The van der Waals surface area contributed by atoms with Gasteiger partial charge in [0.05, 0.1) is 12.0 Å². The van der Waals surface area contributed by atoms with Crippen LogP contribution >= 0.6 is 0 Å². The van der Waals surface area contributed by atoms with Gasteiger partial charge in [-0.25, -0.2) is 4.79 Å². The van der Waals surface area contributed by atoms with Crippen molar-refractivity contribution >= 4 is 17.7 Å². The lowest BCUT2D eigenvalue weighted by Crippen LogP contribution is -2.52. The molecular formula is C40H74O7. The average molecular weight is 667 g/mol. The SMILES string of the molecule is CCCCCCCC(CCCCCC)(CCCCCC)C(CCCCCC)(CCCCCC)C(=O)OC1C(=O)C(=O)O[C@@H]1[C@@H](O)CO. The monoisotopic (exact) mass is 667 g/mol. The summed E-state index contributed by atoms with van der Waals surface area (Å²) in [6.07, 6.45) is 23.0. The number of esters is 2. The van der Waals surface area contributed by atoms with Crippen LogP contribution in [-0.2, 0) is 23.9 Å². The first-order valence-electron chi connectivity index (χ1n) is 20.0. The van der Waals surface area contributed by atoms with Crippen LogP contribution in [0.2, 0.25) is 0 Å². The van der Waals surface area contributed by atoms with Gasteiger partial charge in [-0.15, -0.1) is 0 Å². The smallest absolute Gasteiger partial charge is 0.379 e. The summed E-state index contributed by atoms with van der Waals surface area (Å²) in [5.74, 6) is -2.45. The largest absolute Gasteiger partial charge is 0.449 e. The summed E-state index contributed by atoms with van der Waals surface area (Å²) in [6, 6.07) is 0. The van der Waals surface area contributed by atoms with E-state index in [0.29, 0.717) is 12.8 Å². The van der Waals surface area contributed by atoms with Crippen molar-refractivity contribution in [2.24, 2.45) is 10.8 Å². The minimum Gasteiger partial charge on any atom is -0.449 e. The van der Waals surface area contributed by atoms with E-state index in [1.165, 1.54) is 32.1 Å². The maximum atomic E-state index is 15.1. The van der Waals surface area contributed by atoms with Gasteiger partial charge in [0, 0.05) is 0 Å². The predicted molar refractivity (Wildman–Crippen MR) is 191 cm³/mol. The van der Waals surface area contributed by atoms with Crippen molar-refractivity contribution in [1.29, 1.82) is 0 Å². The molecule has 0 aromatic rings. The van der Waals surface area contributed by atoms with E-state index < -0.39 is 48.1 Å². The summed E-state index contributed by atoms with van der Waals surface area (Å²) in [6.45, 7) is 10.4. The second kappa shape index (κ2) is 25.5. The molecule has 1 rings (SSSR count). The number of hydrogen-bond acceptors (Lipinski definition) is 7. The van der Waals surface area contributed by atoms with Gasteiger partial charge in [0.25, 0.3) is 5.78 Å². The van der Waals surface area contributed by atoms with Gasteiger partial charge in [-0.05, 0) is 37.5 Å². The number of aliphatic hydroxyl groups is 2. The maximum absolute atomic E-state index is 15.1. The lowest BCUT2D eigenvalue weighted by Gasteiger charge is -2.51. The molecule has 1 saturated heterocycles. The van der Waals surface area contributed by atoms with Crippen molar-refractivity contribution in [1.82, 2.24) is 0 Å². The second-order valence-electron chi connectivity index (χ2n) is 14.6. The Hall–Kier alpha value is -1.47. The van der Waals surface area contributed by atoms with Crippen LogP contribution in [0.1, 0.15) is 202 Å². The first-order valence-corrected chi connectivity index (χ1v) is 20.0. The molecule has 0 radical (unpaired) electrons. The summed E-state index contributed by atoms with van der Waals surface area (Å²) < 4.78 is 11.4. The van der Waals surface area contributed by atoms with Crippen molar-refractivity contribution in [3.05, 3.63) is 0 Å². The molecule has 0 spiro atoms. The van der Waals surface area contributed by atoms with Gasteiger partial charge in [-0.2, -0.15) is 0 Å². The maximum Gasteiger partial charge on any atom is 0.379 e. The summed E-state index contributed by atoms with van der Waals surface area (Å²) in [5.41, 5.74) is -1.09. The fourth-order valence-electron chi connectivity index (χ4n) is 7.96. The summed E-state index contributed by atoms with van der Waals surface area (Å²) in [5, 5.41) is 20.2. The number of carbonyl (C=O) groups excluding carboxylic acids is 3. The minimum atomic E-state index is -1.54. The van der Waals surface area contributed by atoms with Crippen LogP contribution < -0.4 is 0 Å². The molecule has 0 amide bonds. The number of Topliss-reactive ketones (excluding diaryl/α,β-unsaturated/α-hetero) is 1. The minimum absolute atomic E-state index is 0.284. The zero-order chi connectivity index (χ0) is 35.0. The highest BCUT2D eigenvalue weighted by molar-refractivity contribution is 6.37. The van der Waals surface area contributed by atoms with E-state index in [1.807, 2.05) is 0 Å². The van der Waals surface area contributed by atoms with E-state index in [1.54, 1.807) is 0 Å². The Kier molecular flexibility index (Phi) is 23.6. The first kappa shape index (κ1) is 43.6. The molecule has 2 N–H and O–H groups in total. The Balaban J connectivity index is 3.81. The molecule has 0 saturated carbocycles. The molecule has 1 unspecified atom stereocenters. The van der Waals surface area contributed by atoms with Gasteiger partial charge in [0.2, 0.25) is 6.10 Å². The summed E-state index contributed by atoms with van der Waals surface area (Å²) >= 11 is 0. The van der Waals surface area contributed by atoms with E-state index in [2.05, 4.69) is 34.6 Å². The van der Waals surface area contributed by atoms with Crippen molar-refractivity contribution in [3.63, 3.8) is 0 Å². The highest BCUT2D eigenvalue weighted by atomic mass is 16.6. The highest BCUT2D eigenvalue weighted by Gasteiger charge is 2.58. The van der Waals surface area contributed by atoms with E-state index in [0.717, 1.165) is 122 Å². The fourth-order valence-corrected chi connectivity index (χ4v) is 7.96. The van der Waals surface area contributed by atoms with Gasteiger partial charge in [-0.3, -0.25) is 9.59 Å². The first-order chi connectivity index (χ1) is 22.7. The molecule has 1 fully saturated rings. The van der Waals surface area contributed by atoms with Gasteiger partial charge >= 0.3 is 11.9 Å². The van der Waals surface area contributed by atoms with Crippen LogP contribution in [0.4, 0.5) is 0 Å². The zero-order valence-corrected chi connectivity index (χ0v) is 31.3. The van der Waals surface area contributed by atoms with Crippen LogP contribution in [0.3, 0.4) is 0 Å².